The molecule has 1 unspecified atom stereocenters. The molecular formula is C25H33IN6O2. The van der Waals surface area contributed by atoms with Gasteiger partial charge in [-0.3, -0.25) is 0 Å². The molecule has 0 aliphatic carbocycles. The van der Waals surface area contributed by atoms with E-state index < -0.39 is 0 Å². The number of benzene rings is 2. The molecule has 34 heavy (non-hydrogen) atoms. The third kappa shape index (κ3) is 7.17. The van der Waals surface area contributed by atoms with Crippen LogP contribution in [0.5, 0.6) is 5.75 Å². The van der Waals surface area contributed by atoms with Gasteiger partial charge < -0.3 is 24.7 Å². The minimum absolute atomic E-state index is 0. The maximum Gasteiger partial charge on any atom is 0.192 e. The smallest absolute Gasteiger partial charge is 0.192 e. The molecule has 2 heterocycles. The summed E-state index contributed by atoms with van der Waals surface area (Å²) in [5, 5.41) is 15.2. The molecule has 2 N–H and O–H groups in total. The van der Waals surface area contributed by atoms with Crippen LogP contribution in [0, 0.1) is 13.8 Å². The summed E-state index contributed by atoms with van der Waals surface area (Å²) in [6.45, 7) is 7.09. The minimum atomic E-state index is 0. The molecule has 1 saturated heterocycles. The van der Waals surface area contributed by atoms with E-state index in [2.05, 4.69) is 58.1 Å². The van der Waals surface area contributed by atoms with E-state index in [0.717, 1.165) is 41.6 Å². The fourth-order valence-corrected chi connectivity index (χ4v) is 3.58. The monoisotopic (exact) mass is 576 g/mol. The van der Waals surface area contributed by atoms with Crippen molar-refractivity contribution in [1.29, 1.82) is 0 Å². The van der Waals surface area contributed by atoms with Gasteiger partial charge in [0.15, 0.2) is 11.8 Å². The number of aromatic nitrogens is 3. The van der Waals surface area contributed by atoms with Crippen LogP contribution in [0.25, 0.3) is 0 Å². The van der Waals surface area contributed by atoms with Crippen molar-refractivity contribution >= 4 is 29.9 Å². The zero-order valence-corrected chi connectivity index (χ0v) is 22.3. The maximum atomic E-state index is 6.25. The van der Waals surface area contributed by atoms with Gasteiger partial charge >= 0.3 is 0 Å². The van der Waals surface area contributed by atoms with E-state index in [1.807, 2.05) is 36.7 Å². The largest absolute Gasteiger partial charge is 0.488 e. The Balaban J connectivity index is 0.00000324. The number of hydrogen-bond donors (Lipinski definition) is 2. The number of aryl methyl sites for hydroxylation is 2. The van der Waals surface area contributed by atoms with Crippen molar-refractivity contribution in [2.24, 2.45) is 12.0 Å². The van der Waals surface area contributed by atoms with Crippen molar-refractivity contribution in [3.05, 3.63) is 76.9 Å². The van der Waals surface area contributed by atoms with E-state index in [1.165, 1.54) is 5.56 Å². The molecule has 2 aromatic carbocycles. The van der Waals surface area contributed by atoms with E-state index in [1.54, 1.807) is 0 Å². The summed E-state index contributed by atoms with van der Waals surface area (Å²) in [5.74, 6) is 3.32. The highest BCUT2D eigenvalue weighted by Gasteiger charge is 2.19. The van der Waals surface area contributed by atoms with Gasteiger partial charge in [-0.05, 0) is 31.0 Å². The number of hydrogen-bond acceptors (Lipinski definition) is 5. The summed E-state index contributed by atoms with van der Waals surface area (Å²) in [7, 11) is 1.96. The predicted molar refractivity (Wildman–Crippen MR) is 143 cm³/mol. The molecule has 0 radical (unpaired) electrons. The van der Waals surface area contributed by atoms with Crippen LogP contribution in [0.15, 0.2) is 53.5 Å². The zero-order chi connectivity index (χ0) is 23.0. The van der Waals surface area contributed by atoms with Crippen LogP contribution in [-0.4, -0.2) is 40.0 Å². The summed E-state index contributed by atoms with van der Waals surface area (Å²) < 4.78 is 13.7. The van der Waals surface area contributed by atoms with Gasteiger partial charge in [0.25, 0.3) is 0 Å². The predicted octanol–water partition coefficient (Wildman–Crippen LogP) is 3.65. The first-order valence-electron chi connectivity index (χ1n) is 11.3. The Morgan fingerprint density at radius 1 is 1.12 bits per heavy atom. The second-order valence-electron chi connectivity index (χ2n) is 8.29. The van der Waals surface area contributed by atoms with Crippen LogP contribution in [0.1, 0.15) is 34.8 Å². The van der Waals surface area contributed by atoms with Gasteiger partial charge in [-0.25, -0.2) is 4.99 Å². The average Bonchev–Trinajstić information content (AvgIpc) is 3.45. The van der Waals surface area contributed by atoms with Crippen LogP contribution < -0.4 is 15.4 Å². The molecule has 182 valence electrons. The van der Waals surface area contributed by atoms with E-state index >= 15 is 0 Å². The summed E-state index contributed by atoms with van der Waals surface area (Å²) >= 11 is 0. The Kier molecular flexibility index (Phi) is 9.70. The quantitative estimate of drug-likeness (QED) is 0.242. The first-order valence-corrected chi connectivity index (χ1v) is 11.3. The number of guanidine groups is 1. The lowest BCUT2D eigenvalue weighted by molar-refractivity contribution is 0.140. The van der Waals surface area contributed by atoms with Gasteiger partial charge in [-0.1, -0.05) is 42.5 Å². The molecule has 3 aromatic rings. The topological polar surface area (TPSA) is 85.6 Å². The molecule has 8 nitrogen and oxygen atoms in total. The number of nitrogens with one attached hydrogen (secondary N) is 2. The second kappa shape index (κ2) is 12.7. The molecule has 1 aliphatic heterocycles. The lowest BCUT2D eigenvalue weighted by Gasteiger charge is -2.18. The maximum absolute atomic E-state index is 6.25. The molecule has 0 spiro atoms. The van der Waals surface area contributed by atoms with Gasteiger partial charge in [0.1, 0.15) is 17.7 Å². The zero-order valence-electron chi connectivity index (χ0n) is 20.0. The van der Waals surface area contributed by atoms with Crippen LogP contribution in [-0.2, 0) is 31.4 Å². The Hall–Kier alpha value is -2.66. The highest BCUT2D eigenvalue weighted by atomic mass is 127. The highest BCUT2D eigenvalue weighted by Crippen LogP contribution is 2.23. The lowest BCUT2D eigenvalue weighted by atomic mass is 10.1. The summed E-state index contributed by atoms with van der Waals surface area (Å²) in [6, 6.07) is 16.5. The highest BCUT2D eigenvalue weighted by molar-refractivity contribution is 14.0. The summed E-state index contributed by atoms with van der Waals surface area (Å²) in [5.41, 5.74) is 3.39. The molecule has 0 amide bonds. The van der Waals surface area contributed by atoms with Crippen LogP contribution >= 0.6 is 24.0 Å². The van der Waals surface area contributed by atoms with Crippen molar-refractivity contribution in [3.63, 3.8) is 0 Å². The fourth-order valence-electron chi connectivity index (χ4n) is 3.58. The number of ether oxygens (including phenoxy) is 2. The number of halogens is 1. The van der Waals surface area contributed by atoms with E-state index in [9.17, 15) is 0 Å². The van der Waals surface area contributed by atoms with E-state index in [0.29, 0.717) is 32.2 Å². The standard InChI is InChI=1S/C25H32N6O2.HI/c1-18-9-10-21(23(13-18)33-22-11-12-32-17-22)15-27-25(26-14-20-7-5-4-6-8-20)28-16-24-30-29-19(2)31(24)3;/h4-10,13,22H,11-12,14-17H2,1-3H3,(H2,26,27,28);1H. The normalized spacial score (nSPS) is 15.6. The van der Waals surface area contributed by atoms with Crippen molar-refractivity contribution in [1.82, 2.24) is 25.4 Å². The number of rotatable bonds is 8. The van der Waals surface area contributed by atoms with E-state index in [4.69, 9.17) is 14.5 Å². The minimum Gasteiger partial charge on any atom is -0.488 e. The fraction of sp³-hybridized carbons (Fsp3) is 0.400. The second-order valence-corrected chi connectivity index (χ2v) is 8.29. The van der Waals surface area contributed by atoms with Gasteiger partial charge in [-0.15, -0.1) is 34.2 Å². The Labute approximate surface area is 218 Å². The molecule has 1 fully saturated rings. The van der Waals surface area contributed by atoms with Crippen molar-refractivity contribution in [2.45, 2.75) is 46.0 Å². The first kappa shape index (κ1) is 26.0. The Morgan fingerprint density at radius 3 is 2.62 bits per heavy atom. The van der Waals surface area contributed by atoms with Gasteiger partial charge in [0.05, 0.1) is 26.3 Å². The molecule has 4 rings (SSSR count). The Morgan fingerprint density at radius 2 is 1.91 bits per heavy atom. The SMILES string of the molecule is Cc1ccc(CNC(=NCc2ccccc2)NCc2nnc(C)n2C)c(OC2CCOC2)c1.I. The molecule has 1 aromatic heterocycles. The molecule has 0 saturated carbocycles. The summed E-state index contributed by atoms with van der Waals surface area (Å²) in [6.07, 6.45) is 1.03. The first-order chi connectivity index (χ1) is 16.1. The van der Waals surface area contributed by atoms with Crippen LogP contribution in [0.3, 0.4) is 0 Å². The third-order valence-corrected chi connectivity index (χ3v) is 5.71. The van der Waals surface area contributed by atoms with Crippen LogP contribution in [0.2, 0.25) is 0 Å². The van der Waals surface area contributed by atoms with Gasteiger partial charge in [-0.2, -0.15) is 0 Å². The third-order valence-electron chi connectivity index (χ3n) is 5.71. The lowest BCUT2D eigenvalue weighted by Crippen LogP contribution is -2.37. The van der Waals surface area contributed by atoms with E-state index in [-0.39, 0.29) is 30.1 Å². The molecule has 1 aliphatic rings. The molecule has 0 bridgehead atoms. The van der Waals surface area contributed by atoms with Crippen LogP contribution in [0.4, 0.5) is 0 Å². The average molecular weight is 576 g/mol. The Bertz CT molecular complexity index is 1080. The van der Waals surface area contributed by atoms with Gasteiger partial charge in [0, 0.05) is 25.6 Å². The van der Waals surface area contributed by atoms with Gasteiger partial charge in [0.2, 0.25) is 0 Å². The molecule has 1 atom stereocenters. The number of aliphatic imine (C=N–C) groups is 1. The van der Waals surface area contributed by atoms with Crippen molar-refractivity contribution < 1.29 is 9.47 Å². The van der Waals surface area contributed by atoms with Crippen molar-refractivity contribution in [2.75, 3.05) is 13.2 Å². The summed E-state index contributed by atoms with van der Waals surface area (Å²) in [4.78, 5) is 4.79. The molecular weight excluding hydrogens is 543 g/mol. The van der Waals surface area contributed by atoms with Crippen molar-refractivity contribution in [3.8, 4) is 5.75 Å². The molecule has 9 heteroatoms. The number of nitrogens with zero attached hydrogens (tertiary/aromatic N) is 4.